The van der Waals surface area contributed by atoms with Gasteiger partial charge in [0.2, 0.25) is 0 Å². The summed E-state index contributed by atoms with van der Waals surface area (Å²) in [4.78, 5) is 15.3. The molecule has 1 saturated heterocycles. The highest BCUT2D eigenvalue weighted by molar-refractivity contribution is 6.30. The minimum atomic E-state index is -0.373. The molecule has 28 heavy (non-hydrogen) atoms. The Kier molecular flexibility index (Phi) is 7.52. The minimum Gasteiger partial charge on any atom is -0.466 e. The number of nitrogens with zero attached hydrogens (tertiary/aromatic N) is 1. The minimum absolute atomic E-state index is 0.0280. The quantitative estimate of drug-likeness (QED) is 0.574. The molecule has 3 nitrogen and oxygen atoms in total. The highest BCUT2D eigenvalue weighted by Gasteiger charge is 2.42. The summed E-state index contributed by atoms with van der Waals surface area (Å²) >= 11 is 6.12. The standard InChI is InChI=1S/C24H30ClNO2/c1-2-28-23(27)24(13-11-21-9-6-10-22(25)19-21)14-17-26(18-15-24)16-12-20-7-4-3-5-8-20/h3-10,19H,2,11-18H2,1H3. The van der Waals surface area contributed by atoms with Crippen molar-refractivity contribution in [2.45, 2.75) is 39.0 Å². The van der Waals surface area contributed by atoms with Gasteiger partial charge in [-0.25, -0.2) is 0 Å². The molecule has 4 heteroatoms. The number of halogens is 1. The summed E-state index contributed by atoms with van der Waals surface area (Å²) in [5, 5.41) is 0.749. The summed E-state index contributed by atoms with van der Waals surface area (Å²) in [6.45, 7) is 5.26. The number of esters is 1. The molecular weight excluding hydrogens is 370 g/mol. The van der Waals surface area contributed by atoms with Gasteiger partial charge in [-0.05, 0) is 75.4 Å². The Morgan fingerprint density at radius 3 is 2.43 bits per heavy atom. The molecule has 3 rings (SSSR count). The third-order valence-electron chi connectivity index (χ3n) is 5.86. The lowest BCUT2D eigenvalue weighted by Gasteiger charge is -2.40. The second-order valence-corrected chi connectivity index (χ2v) is 8.14. The third kappa shape index (κ3) is 5.59. The molecule has 0 bridgehead atoms. The summed E-state index contributed by atoms with van der Waals surface area (Å²) in [6, 6.07) is 18.5. The smallest absolute Gasteiger partial charge is 0.312 e. The van der Waals surface area contributed by atoms with Gasteiger partial charge in [-0.1, -0.05) is 54.1 Å². The predicted octanol–water partition coefficient (Wildman–Crippen LogP) is 5.16. The maximum atomic E-state index is 12.8. The van der Waals surface area contributed by atoms with Gasteiger partial charge in [0.1, 0.15) is 0 Å². The van der Waals surface area contributed by atoms with Crippen LogP contribution < -0.4 is 0 Å². The predicted molar refractivity (Wildman–Crippen MR) is 115 cm³/mol. The number of hydrogen-bond acceptors (Lipinski definition) is 3. The van der Waals surface area contributed by atoms with Crippen LogP contribution in [0.15, 0.2) is 54.6 Å². The Morgan fingerprint density at radius 1 is 1.04 bits per heavy atom. The van der Waals surface area contributed by atoms with Crippen molar-refractivity contribution in [3.05, 3.63) is 70.7 Å². The van der Waals surface area contributed by atoms with Crippen LogP contribution in [0.4, 0.5) is 0 Å². The summed E-state index contributed by atoms with van der Waals surface area (Å²) in [5.41, 5.74) is 2.18. The highest BCUT2D eigenvalue weighted by Crippen LogP contribution is 2.38. The summed E-state index contributed by atoms with van der Waals surface area (Å²) in [5.74, 6) is -0.0280. The zero-order valence-electron chi connectivity index (χ0n) is 16.7. The van der Waals surface area contributed by atoms with Crippen molar-refractivity contribution in [3.63, 3.8) is 0 Å². The molecule has 1 aliphatic rings. The number of rotatable bonds is 8. The molecule has 0 N–H and O–H groups in total. The average Bonchev–Trinajstić information content (AvgIpc) is 2.72. The zero-order chi connectivity index (χ0) is 19.8. The van der Waals surface area contributed by atoms with Crippen LogP contribution in [0, 0.1) is 5.41 Å². The van der Waals surface area contributed by atoms with Gasteiger partial charge in [-0.15, -0.1) is 0 Å². The average molecular weight is 400 g/mol. The Labute approximate surface area is 173 Å². The van der Waals surface area contributed by atoms with E-state index in [2.05, 4.69) is 41.3 Å². The van der Waals surface area contributed by atoms with Gasteiger partial charge >= 0.3 is 5.97 Å². The van der Waals surface area contributed by atoms with Crippen LogP contribution in [-0.4, -0.2) is 37.1 Å². The number of benzene rings is 2. The second-order valence-electron chi connectivity index (χ2n) is 7.71. The van der Waals surface area contributed by atoms with Crippen molar-refractivity contribution in [2.24, 2.45) is 5.41 Å². The molecule has 1 fully saturated rings. The Bertz CT molecular complexity index is 754. The van der Waals surface area contributed by atoms with Gasteiger partial charge in [0.25, 0.3) is 0 Å². The third-order valence-corrected chi connectivity index (χ3v) is 6.10. The van der Waals surface area contributed by atoms with Gasteiger partial charge in [-0.3, -0.25) is 4.79 Å². The lowest BCUT2D eigenvalue weighted by Crippen LogP contribution is -2.46. The lowest BCUT2D eigenvalue weighted by molar-refractivity contribution is -0.159. The number of ether oxygens (including phenoxy) is 1. The van der Waals surface area contributed by atoms with E-state index in [1.165, 1.54) is 11.1 Å². The number of likely N-dealkylation sites (tertiary alicyclic amines) is 1. The van der Waals surface area contributed by atoms with E-state index in [1.807, 2.05) is 25.1 Å². The number of carbonyl (C=O) groups is 1. The normalized spacial score (nSPS) is 16.6. The van der Waals surface area contributed by atoms with E-state index in [-0.39, 0.29) is 11.4 Å². The molecule has 0 aromatic heterocycles. The van der Waals surface area contributed by atoms with Crippen LogP contribution in [-0.2, 0) is 22.4 Å². The maximum absolute atomic E-state index is 12.8. The van der Waals surface area contributed by atoms with E-state index in [0.29, 0.717) is 6.61 Å². The molecule has 0 saturated carbocycles. The molecular formula is C24H30ClNO2. The summed E-state index contributed by atoms with van der Waals surface area (Å²) in [6.07, 6.45) is 4.44. The van der Waals surface area contributed by atoms with Crippen LogP contribution in [0.25, 0.3) is 0 Å². The van der Waals surface area contributed by atoms with Gasteiger partial charge in [0, 0.05) is 11.6 Å². The largest absolute Gasteiger partial charge is 0.466 e. The first kappa shape index (κ1) is 20.9. The molecule has 0 unspecified atom stereocenters. The van der Waals surface area contributed by atoms with Crippen molar-refractivity contribution in [2.75, 3.05) is 26.2 Å². The fraction of sp³-hybridized carbons (Fsp3) is 0.458. The topological polar surface area (TPSA) is 29.5 Å². The van der Waals surface area contributed by atoms with Crippen molar-refractivity contribution >= 4 is 17.6 Å². The van der Waals surface area contributed by atoms with Crippen molar-refractivity contribution < 1.29 is 9.53 Å². The van der Waals surface area contributed by atoms with E-state index in [0.717, 1.165) is 56.8 Å². The first-order valence-electron chi connectivity index (χ1n) is 10.3. The molecule has 0 atom stereocenters. The molecule has 1 aliphatic heterocycles. The Hall–Kier alpha value is -1.84. The van der Waals surface area contributed by atoms with Crippen LogP contribution >= 0.6 is 11.6 Å². The summed E-state index contributed by atoms with van der Waals surface area (Å²) < 4.78 is 5.48. The maximum Gasteiger partial charge on any atom is 0.312 e. The zero-order valence-corrected chi connectivity index (χ0v) is 17.5. The molecule has 150 valence electrons. The number of carbonyl (C=O) groups excluding carboxylic acids is 1. The molecule has 1 heterocycles. The lowest BCUT2D eigenvalue weighted by atomic mass is 9.74. The SMILES string of the molecule is CCOC(=O)C1(CCc2cccc(Cl)c2)CCN(CCc2ccccc2)CC1. The number of aryl methyl sites for hydroxylation is 1. The monoisotopic (exact) mass is 399 g/mol. The van der Waals surface area contributed by atoms with E-state index in [9.17, 15) is 4.79 Å². The fourth-order valence-corrected chi connectivity index (χ4v) is 4.27. The van der Waals surface area contributed by atoms with Crippen molar-refractivity contribution in [1.82, 2.24) is 4.90 Å². The van der Waals surface area contributed by atoms with Gasteiger partial charge in [-0.2, -0.15) is 0 Å². The molecule has 0 amide bonds. The van der Waals surface area contributed by atoms with Crippen LogP contribution in [0.3, 0.4) is 0 Å². The second kappa shape index (κ2) is 10.1. The van der Waals surface area contributed by atoms with E-state index < -0.39 is 0 Å². The molecule has 2 aromatic rings. The molecule has 0 aliphatic carbocycles. The summed E-state index contributed by atoms with van der Waals surface area (Å²) in [7, 11) is 0. The van der Waals surface area contributed by atoms with E-state index in [4.69, 9.17) is 16.3 Å². The van der Waals surface area contributed by atoms with Crippen LogP contribution in [0.2, 0.25) is 5.02 Å². The van der Waals surface area contributed by atoms with Gasteiger partial charge < -0.3 is 9.64 Å². The van der Waals surface area contributed by atoms with Crippen molar-refractivity contribution in [1.29, 1.82) is 0 Å². The molecule has 2 aromatic carbocycles. The Morgan fingerprint density at radius 2 is 1.75 bits per heavy atom. The van der Waals surface area contributed by atoms with E-state index >= 15 is 0 Å². The fourth-order valence-electron chi connectivity index (χ4n) is 4.05. The van der Waals surface area contributed by atoms with E-state index in [1.54, 1.807) is 0 Å². The first-order valence-corrected chi connectivity index (χ1v) is 10.7. The van der Waals surface area contributed by atoms with Gasteiger partial charge in [0.05, 0.1) is 12.0 Å². The van der Waals surface area contributed by atoms with Crippen molar-refractivity contribution in [3.8, 4) is 0 Å². The van der Waals surface area contributed by atoms with Crippen LogP contribution in [0.1, 0.15) is 37.3 Å². The molecule has 0 radical (unpaired) electrons. The number of hydrogen-bond donors (Lipinski definition) is 0. The Balaban J connectivity index is 1.59. The first-order chi connectivity index (χ1) is 13.6. The highest BCUT2D eigenvalue weighted by atomic mass is 35.5. The molecule has 0 spiro atoms. The van der Waals surface area contributed by atoms with Crippen LogP contribution in [0.5, 0.6) is 0 Å². The number of piperidine rings is 1. The van der Waals surface area contributed by atoms with Gasteiger partial charge in [0.15, 0.2) is 0 Å².